The molecule has 0 aromatic heterocycles. The molecule has 104 valence electrons. The minimum absolute atomic E-state index is 0.0715. The Morgan fingerprint density at radius 1 is 1.21 bits per heavy atom. The summed E-state index contributed by atoms with van der Waals surface area (Å²) >= 11 is 0. The van der Waals surface area contributed by atoms with Gasteiger partial charge < -0.3 is 9.84 Å². The molecule has 0 heterocycles. The third-order valence-electron chi connectivity index (χ3n) is 5.02. The fourth-order valence-electron chi connectivity index (χ4n) is 3.77. The van der Waals surface area contributed by atoms with Crippen molar-refractivity contribution in [3.8, 4) is 5.75 Å². The van der Waals surface area contributed by atoms with E-state index in [1.807, 2.05) is 0 Å². The zero-order valence-corrected chi connectivity index (χ0v) is 11.8. The van der Waals surface area contributed by atoms with Crippen LogP contribution in [0.15, 0.2) is 24.3 Å². The van der Waals surface area contributed by atoms with Crippen LogP contribution in [0.3, 0.4) is 0 Å². The molecule has 1 aromatic carbocycles. The van der Waals surface area contributed by atoms with E-state index in [0.717, 1.165) is 31.4 Å². The highest BCUT2D eigenvalue weighted by Gasteiger charge is 2.57. The average molecular weight is 260 g/mol. The molecule has 2 nitrogen and oxygen atoms in total. The van der Waals surface area contributed by atoms with Crippen LogP contribution in [0.2, 0.25) is 0 Å². The maximum absolute atomic E-state index is 10.1. The summed E-state index contributed by atoms with van der Waals surface area (Å²) in [4.78, 5) is 0. The van der Waals surface area contributed by atoms with Gasteiger partial charge in [0.05, 0.1) is 6.10 Å². The highest BCUT2D eigenvalue weighted by Crippen LogP contribution is 2.54. The lowest BCUT2D eigenvalue weighted by Gasteiger charge is -2.51. The van der Waals surface area contributed by atoms with E-state index in [1.165, 1.54) is 24.8 Å². The summed E-state index contributed by atoms with van der Waals surface area (Å²) in [7, 11) is 0. The van der Waals surface area contributed by atoms with Crippen molar-refractivity contribution in [2.24, 2.45) is 5.41 Å². The molecule has 1 aromatic rings. The lowest BCUT2D eigenvalue weighted by Crippen LogP contribution is -2.58. The molecule has 0 amide bonds. The van der Waals surface area contributed by atoms with Gasteiger partial charge in [0.15, 0.2) is 0 Å². The topological polar surface area (TPSA) is 29.5 Å². The van der Waals surface area contributed by atoms with Crippen molar-refractivity contribution >= 4 is 0 Å². The molecule has 2 atom stereocenters. The largest absolute Gasteiger partial charge is 0.490 e. The van der Waals surface area contributed by atoms with Gasteiger partial charge in [0, 0.05) is 11.8 Å². The number of hydrogen-bond donors (Lipinski definition) is 1. The first-order valence-corrected chi connectivity index (χ1v) is 7.68. The third kappa shape index (κ3) is 2.27. The highest BCUT2D eigenvalue weighted by molar-refractivity contribution is 5.28. The Morgan fingerprint density at radius 3 is 2.47 bits per heavy atom. The van der Waals surface area contributed by atoms with E-state index >= 15 is 0 Å². The zero-order valence-electron chi connectivity index (χ0n) is 11.8. The van der Waals surface area contributed by atoms with Gasteiger partial charge in [0.2, 0.25) is 0 Å². The molecule has 1 N–H and O–H groups in total. The van der Waals surface area contributed by atoms with Crippen LogP contribution in [0.4, 0.5) is 0 Å². The minimum atomic E-state index is -0.139. The van der Waals surface area contributed by atoms with Gasteiger partial charge >= 0.3 is 0 Å². The van der Waals surface area contributed by atoms with Gasteiger partial charge in [-0.1, -0.05) is 38.3 Å². The smallest absolute Gasteiger partial charge is 0.119 e. The predicted molar refractivity (Wildman–Crippen MR) is 76.4 cm³/mol. The van der Waals surface area contributed by atoms with Crippen LogP contribution in [0.1, 0.15) is 51.0 Å². The quantitative estimate of drug-likeness (QED) is 0.894. The molecule has 2 unspecified atom stereocenters. The summed E-state index contributed by atoms with van der Waals surface area (Å²) in [6, 6.07) is 8.49. The Kier molecular flexibility index (Phi) is 3.53. The van der Waals surface area contributed by atoms with Crippen molar-refractivity contribution in [1.29, 1.82) is 0 Å². The van der Waals surface area contributed by atoms with Crippen LogP contribution < -0.4 is 4.74 Å². The highest BCUT2D eigenvalue weighted by atomic mass is 16.5. The van der Waals surface area contributed by atoms with Gasteiger partial charge in [-0.3, -0.25) is 0 Å². The molecule has 19 heavy (non-hydrogen) atoms. The van der Waals surface area contributed by atoms with E-state index in [4.69, 9.17) is 4.74 Å². The summed E-state index contributed by atoms with van der Waals surface area (Å²) in [5, 5.41) is 10.1. The number of hydrogen-bond acceptors (Lipinski definition) is 2. The van der Waals surface area contributed by atoms with Crippen LogP contribution in [-0.4, -0.2) is 17.3 Å². The maximum Gasteiger partial charge on any atom is 0.119 e. The van der Waals surface area contributed by atoms with Crippen molar-refractivity contribution in [1.82, 2.24) is 0 Å². The normalized spacial score (nSPS) is 28.3. The summed E-state index contributed by atoms with van der Waals surface area (Å²) in [6.07, 6.45) is 7.95. The van der Waals surface area contributed by atoms with Gasteiger partial charge in [-0.25, -0.2) is 0 Å². The van der Waals surface area contributed by atoms with Gasteiger partial charge in [-0.2, -0.15) is 0 Å². The van der Waals surface area contributed by atoms with E-state index in [9.17, 15) is 5.11 Å². The fourth-order valence-corrected chi connectivity index (χ4v) is 3.77. The molecule has 1 spiro atoms. The molecule has 2 saturated carbocycles. The van der Waals surface area contributed by atoms with Gasteiger partial charge in [-0.15, -0.1) is 0 Å². The number of aryl methyl sites for hydroxylation is 1. The third-order valence-corrected chi connectivity index (χ3v) is 5.02. The van der Waals surface area contributed by atoms with Gasteiger partial charge in [0.1, 0.15) is 11.9 Å². The number of aliphatic hydroxyl groups excluding tert-OH is 1. The molecule has 0 bridgehead atoms. The van der Waals surface area contributed by atoms with Crippen LogP contribution >= 0.6 is 0 Å². The molecular formula is C17H24O2. The summed E-state index contributed by atoms with van der Waals surface area (Å²) in [5.41, 5.74) is 1.45. The molecule has 0 radical (unpaired) electrons. The Morgan fingerprint density at radius 2 is 1.89 bits per heavy atom. The van der Waals surface area contributed by atoms with Gasteiger partial charge in [0.25, 0.3) is 0 Å². The monoisotopic (exact) mass is 260 g/mol. The SMILES string of the molecule is CCCc1ccc(OC2CC(O)C23CCCC3)cc1. The molecule has 3 rings (SSSR count). The average Bonchev–Trinajstić information content (AvgIpc) is 2.93. The second kappa shape index (κ2) is 5.16. The van der Waals surface area contributed by atoms with Crippen LogP contribution in [-0.2, 0) is 6.42 Å². The molecular weight excluding hydrogens is 236 g/mol. The first-order valence-electron chi connectivity index (χ1n) is 7.68. The van der Waals surface area contributed by atoms with E-state index < -0.39 is 0 Å². The van der Waals surface area contributed by atoms with E-state index in [2.05, 4.69) is 31.2 Å². The lowest BCUT2D eigenvalue weighted by molar-refractivity contribution is -0.151. The van der Waals surface area contributed by atoms with E-state index in [-0.39, 0.29) is 17.6 Å². The second-order valence-electron chi connectivity index (χ2n) is 6.19. The number of rotatable bonds is 4. The molecule has 0 saturated heterocycles. The summed E-state index contributed by atoms with van der Waals surface area (Å²) in [5.74, 6) is 0.961. The van der Waals surface area contributed by atoms with Crippen LogP contribution in [0.5, 0.6) is 5.75 Å². The summed E-state index contributed by atoms with van der Waals surface area (Å²) in [6.45, 7) is 2.20. The number of benzene rings is 1. The Balaban J connectivity index is 1.65. The molecule has 2 aliphatic carbocycles. The number of ether oxygens (including phenoxy) is 1. The van der Waals surface area contributed by atoms with Crippen molar-refractivity contribution in [2.75, 3.05) is 0 Å². The Labute approximate surface area is 115 Å². The maximum atomic E-state index is 10.1. The standard InChI is InChI=1S/C17H24O2/c1-2-5-13-6-8-14(9-7-13)19-16-12-15(18)17(16)10-3-4-11-17/h6-9,15-16,18H,2-5,10-12H2,1H3. The lowest BCUT2D eigenvalue weighted by atomic mass is 9.62. The van der Waals surface area contributed by atoms with Crippen LogP contribution in [0.25, 0.3) is 0 Å². The van der Waals surface area contributed by atoms with Crippen molar-refractivity contribution in [2.45, 2.75) is 64.1 Å². The minimum Gasteiger partial charge on any atom is -0.490 e. The van der Waals surface area contributed by atoms with E-state index in [1.54, 1.807) is 0 Å². The molecule has 2 heteroatoms. The molecule has 0 aliphatic heterocycles. The predicted octanol–water partition coefficient (Wildman–Crippen LogP) is 3.71. The van der Waals surface area contributed by atoms with Crippen molar-refractivity contribution < 1.29 is 9.84 Å². The zero-order chi connectivity index (χ0) is 13.3. The molecule has 2 aliphatic rings. The second-order valence-corrected chi connectivity index (χ2v) is 6.19. The van der Waals surface area contributed by atoms with Crippen molar-refractivity contribution in [3.63, 3.8) is 0 Å². The number of aliphatic hydroxyl groups is 1. The first-order chi connectivity index (χ1) is 9.24. The molecule has 2 fully saturated rings. The van der Waals surface area contributed by atoms with Crippen LogP contribution in [0, 0.1) is 5.41 Å². The van der Waals surface area contributed by atoms with Gasteiger partial charge in [-0.05, 0) is 37.0 Å². The first kappa shape index (κ1) is 13.0. The van der Waals surface area contributed by atoms with Crippen molar-refractivity contribution in [3.05, 3.63) is 29.8 Å². The Bertz CT molecular complexity index is 417. The fraction of sp³-hybridized carbons (Fsp3) is 0.647. The Hall–Kier alpha value is -1.02. The summed E-state index contributed by atoms with van der Waals surface area (Å²) < 4.78 is 6.13. The van der Waals surface area contributed by atoms with E-state index in [0.29, 0.717) is 0 Å².